The summed E-state index contributed by atoms with van der Waals surface area (Å²) in [5.41, 5.74) is 1.04. The summed E-state index contributed by atoms with van der Waals surface area (Å²) in [6.07, 6.45) is 10.5. The highest BCUT2D eigenvalue weighted by atomic mass is 16.4. The zero-order chi connectivity index (χ0) is 11.7. The Hall–Kier alpha value is -0.570. The van der Waals surface area contributed by atoms with Gasteiger partial charge in [0, 0.05) is 19.1 Å². The summed E-state index contributed by atoms with van der Waals surface area (Å²) in [5, 5.41) is 12.3. The van der Waals surface area contributed by atoms with Gasteiger partial charge in [0.05, 0.1) is 5.71 Å². The smallest absolute Gasteiger partial charge is 0.0574 e. The van der Waals surface area contributed by atoms with Gasteiger partial charge in [0.2, 0.25) is 0 Å². The molecule has 1 saturated heterocycles. The predicted molar refractivity (Wildman–Crippen MR) is 68.5 cm³/mol. The Bertz CT molecular complexity index is 297. The van der Waals surface area contributed by atoms with Crippen LogP contribution in [0.15, 0.2) is 5.16 Å². The Morgan fingerprint density at radius 1 is 1.00 bits per heavy atom. The Kier molecular flexibility index (Phi) is 3.37. The van der Waals surface area contributed by atoms with Crippen LogP contribution in [-0.4, -0.2) is 35.0 Å². The van der Waals surface area contributed by atoms with Crippen molar-refractivity contribution in [3.8, 4) is 0 Å². The first kappa shape index (κ1) is 11.5. The molecule has 1 heterocycles. The summed E-state index contributed by atoms with van der Waals surface area (Å²) >= 11 is 0. The molecule has 0 aromatic carbocycles. The summed E-state index contributed by atoms with van der Waals surface area (Å²) in [6, 6.07) is 0.865. The third-order valence-corrected chi connectivity index (χ3v) is 5.14. The summed E-state index contributed by atoms with van der Waals surface area (Å²) in [4.78, 5) is 2.74. The molecule has 2 atom stereocenters. The number of oxime groups is 1. The molecule has 17 heavy (non-hydrogen) atoms. The van der Waals surface area contributed by atoms with Gasteiger partial charge < -0.3 is 5.21 Å². The van der Waals surface area contributed by atoms with Gasteiger partial charge in [-0.15, -0.1) is 0 Å². The van der Waals surface area contributed by atoms with Crippen molar-refractivity contribution < 1.29 is 5.21 Å². The lowest BCUT2D eigenvalue weighted by atomic mass is 9.81. The normalized spacial score (nSPS) is 38.5. The van der Waals surface area contributed by atoms with Crippen LogP contribution in [0.1, 0.15) is 51.4 Å². The lowest BCUT2D eigenvalue weighted by Gasteiger charge is -2.31. The van der Waals surface area contributed by atoms with Gasteiger partial charge in [-0.3, -0.25) is 4.90 Å². The van der Waals surface area contributed by atoms with Gasteiger partial charge >= 0.3 is 0 Å². The molecule has 96 valence electrons. The van der Waals surface area contributed by atoms with Crippen LogP contribution >= 0.6 is 0 Å². The zero-order valence-corrected chi connectivity index (χ0v) is 10.6. The van der Waals surface area contributed by atoms with E-state index < -0.39 is 0 Å². The quantitative estimate of drug-likeness (QED) is 0.561. The number of nitrogens with zero attached hydrogens (tertiary/aromatic N) is 2. The van der Waals surface area contributed by atoms with Crippen molar-refractivity contribution in [2.24, 2.45) is 17.0 Å². The minimum atomic E-state index is 0.775. The molecule has 2 aliphatic carbocycles. The van der Waals surface area contributed by atoms with Crippen molar-refractivity contribution in [2.75, 3.05) is 13.1 Å². The molecular formula is C14H24N2O. The van der Waals surface area contributed by atoms with E-state index in [0.29, 0.717) is 0 Å². The average molecular weight is 236 g/mol. The maximum Gasteiger partial charge on any atom is 0.0574 e. The number of rotatable bonds is 1. The largest absolute Gasteiger partial charge is 0.411 e. The molecule has 0 amide bonds. The fourth-order valence-electron chi connectivity index (χ4n) is 4.13. The molecule has 2 saturated carbocycles. The minimum absolute atomic E-state index is 0.775. The van der Waals surface area contributed by atoms with Crippen LogP contribution in [0.3, 0.4) is 0 Å². The van der Waals surface area contributed by atoms with Crippen LogP contribution in [-0.2, 0) is 0 Å². The van der Waals surface area contributed by atoms with Gasteiger partial charge in [0.15, 0.2) is 0 Å². The molecule has 3 aliphatic rings. The highest BCUT2D eigenvalue weighted by Gasteiger charge is 2.39. The number of hydrogen-bond acceptors (Lipinski definition) is 3. The molecule has 0 spiro atoms. The van der Waals surface area contributed by atoms with E-state index in [1.54, 1.807) is 0 Å². The van der Waals surface area contributed by atoms with Gasteiger partial charge in [-0.1, -0.05) is 24.4 Å². The van der Waals surface area contributed by atoms with E-state index in [-0.39, 0.29) is 0 Å². The molecule has 0 unspecified atom stereocenters. The van der Waals surface area contributed by atoms with Gasteiger partial charge in [0.1, 0.15) is 0 Å². The second-order valence-electron chi connectivity index (χ2n) is 6.17. The summed E-state index contributed by atoms with van der Waals surface area (Å²) in [7, 11) is 0. The SMILES string of the molecule is O/N=C1\CC[C@H]2CN(C3CCCCC3)C[C@@H]2C1. The van der Waals surface area contributed by atoms with Crippen LogP contribution in [0.25, 0.3) is 0 Å². The fourth-order valence-corrected chi connectivity index (χ4v) is 4.13. The maximum atomic E-state index is 8.90. The first-order valence-corrected chi connectivity index (χ1v) is 7.30. The zero-order valence-electron chi connectivity index (χ0n) is 10.6. The molecule has 0 aromatic rings. The molecule has 0 bridgehead atoms. The Morgan fingerprint density at radius 3 is 2.53 bits per heavy atom. The van der Waals surface area contributed by atoms with Gasteiger partial charge in [-0.2, -0.15) is 0 Å². The van der Waals surface area contributed by atoms with E-state index in [2.05, 4.69) is 10.1 Å². The minimum Gasteiger partial charge on any atom is -0.411 e. The third kappa shape index (κ3) is 2.35. The van der Waals surface area contributed by atoms with E-state index in [9.17, 15) is 0 Å². The molecule has 3 fully saturated rings. The Morgan fingerprint density at radius 2 is 1.76 bits per heavy atom. The lowest BCUT2D eigenvalue weighted by Crippen LogP contribution is -2.35. The third-order valence-electron chi connectivity index (χ3n) is 5.14. The average Bonchev–Trinajstić information content (AvgIpc) is 2.82. The van der Waals surface area contributed by atoms with Crippen LogP contribution in [0.2, 0.25) is 0 Å². The first-order valence-electron chi connectivity index (χ1n) is 7.30. The van der Waals surface area contributed by atoms with Crippen LogP contribution in [0.5, 0.6) is 0 Å². The van der Waals surface area contributed by atoms with Crippen molar-refractivity contribution in [3.63, 3.8) is 0 Å². The number of fused-ring (bicyclic) bond motifs is 1. The highest BCUT2D eigenvalue weighted by molar-refractivity contribution is 5.84. The fraction of sp³-hybridized carbons (Fsp3) is 0.929. The van der Waals surface area contributed by atoms with Crippen LogP contribution in [0, 0.1) is 11.8 Å². The van der Waals surface area contributed by atoms with Crippen molar-refractivity contribution >= 4 is 5.71 Å². The topological polar surface area (TPSA) is 35.8 Å². The monoisotopic (exact) mass is 236 g/mol. The second kappa shape index (κ2) is 4.97. The number of likely N-dealkylation sites (tertiary alicyclic amines) is 1. The van der Waals surface area contributed by atoms with Crippen molar-refractivity contribution in [1.82, 2.24) is 4.90 Å². The summed E-state index contributed by atoms with van der Waals surface area (Å²) < 4.78 is 0. The number of hydrogen-bond donors (Lipinski definition) is 1. The Labute approximate surface area is 104 Å². The maximum absolute atomic E-state index is 8.90. The van der Waals surface area contributed by atoms with Crippen molar-refractivity contribution in [2.45, 2.75) is 57.4 Å². The van der Waals surface area contributed by atoms with Crippen molar-refractivity contribution in [1.29, 1.82) is 0 Å². The summed E-state index contributed by atoms with van der Waals surface area (Å²) in [6.45, 7) is 2.57. The van der Waals surface area contributed by atoms with E-state index in [1.165, 1.54) is 51.6 Å². The molecule has 1 N–H and O–H groups in total. The lowest BCUT2D eigenvalue weighted by molar-refractivity contribution is 0.182. The van der Waals surface area contributed by atoms with Crippen LogP contribution < -0.4 is 0 Å². The van der Waals surface area contributed by atoms with Gasteiger partial charge in [-0.25, -0.2) is 0 Å². The van der Waals surface area contributed by atoms with E-state index >= 15 is 0 Å². The highest BCUT2D eigenvalue weighted by Crippen LogP contribution is 2.37. The second-order valence-corrected chi connectivity index (χ2v) is 6.17. The van der Waals surface area contributed by atoms with Crippen molar-refractivity contribution in [3.05, 3.63) is 0 Å². The van der Waals surface area contributed by atoms with Gasteiger partial charge in [-0.05, 0) is 43.9 Å². The molecular weight excluding hydrogens is 212 g/mol. The van der Waals surface area contributed by atoms with E-state index in [1.807, 2.05) is 0 Å². The first-order chi connectivity index (χ1) is 8.36. The molecule has 0 aromatic heterocycles. The van der Waals surface area contributed by atoms with E-state index in [0.717, 1.165) is 36.4 Å². The van der Waals surface area contributed by atoms with Gasteiger partial charge in [0.25, 0.3) is 0 Å². The van der Waals surface area contributed by atoms with Crippen LogP contribution in [0.4, 0.5) is 0 Å². The molecule has 3 heteroatoms. The summed E-state index contributed by atoms with van der Waals surface area (Å²) in [5.74, 6) is 1.65. The van der Waals surface area contributed by atoms with E-state index in [4.69, 9.17) is 5.21 Å². The molecule has 3 rings (SSSR count). The molecule has 1 aliphatic heterocycles. The predicted octanol–water partition coefficient (Wildman–Crippen LogP) is 2.88. The standard InChI is InChI=1S/C14H24N2O/c17-15-13-7-6-11-9-16(10-12(11)8-13)14-4-2-1-3-5-14/h11-12,14,17H,1-10H2/b15-13+/t11-,12-/m0/s1. The molecule has 3 nitrogen and oxygen atoms in total. The molecule has 0 radical (unpaired) electrons. The Balaban J connectivity index is 1.60.